The molecule has 0 saturated heterocycles. The molecule has 0 radical (unpaired) electrons. The fourth-order valence-electron chi connectivity index (χ4n) is 3.95. The van der Waals surface area contributed by atoms with Gasteiger partial charge in [-0.25, -0.2) is 0 Å². The minimum absolute atomic E-state index is 0.173. The highest BCUT2D eigenvalue weighted by molar-refractivity contribution is 6.05. The predicted molar refractivity (Wildman–Crippen MR) is 120 cm³/mol. The number of hydrogen-bond acceptors (Lipinski definition) is 2. The minimum atomic E-state index is 0.173. The summed E-state index contributed by atoms with van der Waals surface area (Å²) in [7, 11) is 0. The molecule has 1 heterocycles. The number of Topliss-reactive ketones (excluding diaryl/α,β-unsaturated/α-hetero) is 1. The van der Waals surface area contributed by atoms with Gasteiger partial charge in [-0.2, -0.15) is 5.10 Å². The summed E-state index contributed by atoms with van der Waals surface area (Å²) in [6.07, 6.45) is 20.8. The van der Waals surface area contributed by atoms with E-state index >= 15 is 0 Å². The van der Waals surface area contributed by atoms with Crippen LogP contribution in [0.1, 0.15) is 120 Å². The van der Waals surface area contributed by atoms with E-state index in [-0.39, 0.29) is 5.78 Å². The van der Waals surface area contributed by atoms with Crippen LogP contribution in [0, 0.1) is 0 Å². The molecule has 3 heteroatoms. The first kappa shape index (κ1) is 22.6. The van der Waals surface area contributed by atoms with Gasteiger partial charge in [0.25, 0.3) is 0 Å². The van der Waals surface area contributed by atoms with Gasteiger partial charge in [0.15, 0.2) is 5.78 Å². The van der Waals surface area contributed by atoms with Gasteiger partial charge in [0.05, 0.1) is 5.52 Å². The van der Waals surface area contributed by atoms with Crippen LogP contribution < -0.4 is 0 Å². The Kier molecular flexibility index (Phi) is 11.6. The Morgan fingerprint density at radius 3 is 1.82 bits per heavy atom. The van der Waals surface area contributed by atoms with Crippen molar-refractivity contribution in [1.82, 2.24) is 10.2 Å². The van der Waals surface area contributed by atoms with Crippen LogP contribution >= 0.6 is 0 Å². The minimum Gasteiger partial charge on any atom is -0.292 e. The summed E-state index contributed by atoms with van der Waals surface area (Å²) in [6.45, 7) is 2.28. The van der Waals surface area contributed by atoms with Gasteiger partial charge in [0.2, 0.25) is 0 Å². The highest BCUT2D eigenvalue weighted by Crippen LogP contribution is 2.18. The number of fused-ring (bicyclic) bond motifs is 1. The normalized spacial score (nSPS) is 11.3. The zero-order chi connectivity index (χ0) is 19.9. The topological polar surface area (TPSA) is 45.8 Å². The van der Waals surface area contributed by atoms with E-state index in [2.05, 4.69) is 17.1 Å². The van der Waals surface area contributed by atoms with Crippen LogP contribution in [-0.4, -0.2) is 16.0 Å². The van der Waals surface area contributed by atoms with Crippen LogP contribution in [0.2, 0.25) is 0 Å². The van der Waals surface area contributed by atoms with Crippen LogP contribution in [0.5, 0.6) is 0 Å². The predicted octanol–water partition coefficient (Wildman–Crippen LogP) is 8.01. The molecule has 156 valence electrons. The number of ketones is 1. The van der Waals surface area contributed by atoms with E-state index in [1.807, 2.05) is 24.3 Å². The maximum atomic E-state index is 12.4. The monoisotopic (exact) mass is 384 g/mol. The largest absolute Gasteiger partial charge is 0.292 e. The van der Waals surface area contributed by atoms with Crippen LogP contribution in [0.3, 0.4) is 0 Å². The molecule has 0 saturated carbocycles. The van der Waals surface area contributed by atoms with Crippen molar-refractivity contribution in [2.24, 2.45) is 0 Å². The van der Waals surface area contributed by atoms with Crippen molar-refractivity contribution in [3.63, 3.8) is 0 Å². The lowest BCUT2D eigenvalue weighted by atomic mass is 10.0. The molecule has 0 unspecified atom stereocenters. The Bertz CT molecular complexity index is 661. The van der Waals surface area contributed by atoms with Crippen LogP contribution in [-0.2, 0) is 0 Å². The molecular formula is C25H40N2O. The van der Waals surface area contributed by atoms with Crippen molar-refractivity contribution in [3.8, 4) is 0 Å². The number of hydrogen-bond donors (Lipinski definition) is 1. The number of benzene rings is 1. The molecule has 0 aliphatic carbocycles. The third-order valence-electron chi connectivity index (χ3n) is 5.74. The van der Waals surface area contributed by atoms with Crippen molar-refractivity contribution in [3.05, 3.63) is 30.0 Å². The third-order valence-corrected chi connectivity index (χ3v) is 5.74. The first-order valence-electron chi connectivity index (χ1n) is 11.8. The van der Waals surface area contributed by atoms with Crippen molar-refractivity contribution >= 4 is 16.7 Å². The number of carbonyl (C=O) groups excluding carboxylic acids is 1. The van der Waals surface area contributed by atoms with Gasteiger partial charge in [0, 0.05) is 11.8 Å². The van der Waals surface area contributed by atoms with E-state index in [0.29, 0.717) is 12.1 Å². The highest BCUT2D eigenvalue weighted by atomic mass is 16.1. The van der Waals surface area contributed by atoms with E-state index in [0.717, 1.165) is 23.7 Å². The van der Waals surface area contributed by atoms with Crippen LogP contribution in [0.15, 0.2) is 24.3 Å². The third kappa shape index (κ3) is 8.58. The number of para-hydroxylation sites is 1. The molecule has 28 heavy (non-hydrogen) atoms. The zero-order valence-electron chi connectivity index (χ0n) is 18.0. The van der Waals surface area contributed by atoms with Gasteiger partial charge in [-0.15, -0.1) is 0 Å². The molecule has 0 aliphatic rings. The maximum absolute atomic E-state index is 12.4. The van der Waals surface area contributed by atoms with Crippen molar-refractivity contribution in [1.29, 1.82) is 0 Å². The molecule has 0 aliphatic heterocycles. The quantitative estimate of drug-likeness (QED) is 0.222. The number of nitrogens with one attached hydrogen (secondary N) is 1. The number of rotatable bonds is 17. The number of carbonyl (C=O) groups is 1. The van der Waals surface area contributed by atoms with Gasteiger partial charge >= 0.3 is 0 Å². The number of H-pyrrole nitrogens is 1. The molecule has 0 atom stereocenters. The molecule has 0 fully saturated rings. The van der Waals surface area contributed by atoms with Crippen LogP contribution in [0.25, 0.3) is 10.9 Å². The Morgan fingerprint density at radius 2 is 1.25 bits per heavy atom. The second kappa shape index (κ2) is 14.4. The summed E-state index contributed by atoms with van der Waals surface area (Å²) in [6, 6.07) is 7.86. The molecule has 3 nitrogen and oxygen atoms in total. The van der Waals surface area contributed by atoms with E-state index < -0.39 is 0 Å². The van der Waals surface area contributed by atoms with Gasteiger partial charge in [-0.05, 0) is 12.5 Å². The molecule has 1 aromatic carbocycles. The van der Waals surface area contributed by atoms with Crippen molar-refractivity contribution in [2.45, 2.75) is 110 Å². The molecule has 0 spiro atoms. The Balaban J connectivity index is 1.39. The van der Waals surface area contributed by atoms with Gasteiger partial charge in [-0.1, -0.05) is 115 Å². The molecule has 0 amide bonds. The summed E-state index contributed by atoms with van der Waals surface area (Å²) in [5, 5.41) is 8.11. The Labute approximate surface area is 171 Å². The van der Waals surface area contributed by atoms with Gasteiger partial charge in [-0.3, -0.25) is 9.89 Å². The second-order valence-corrected chi connectivity index (χ2v) is 8.24. The van der Waals surface area contributed by atoms with E-state index in [1.165, 1.54) is 83.5 Å². The van der Waals surface area contributed by atoms with E-state index in [4.69, 9.17) is 0 Å². The lowest BCUT2D eigenvalue weighted by Gasteiger charge is -2.03. The average Bonchev–Trinajstić information content (AvgIpc) is 3.15. The second-order valence-electron chi connectivity index (χ2n) is 8.24. The molecular weight excluding hydrogens is 344 g/mol. The van der Waals surface area contributed by atoms with Gasteiger partial charge < -0.3 is 0 Å². The molecule has 0 bridgehead atoms. The molecule has 2 aromatic rings. The maximum Gasteiger partial charge on any atom is 0.183 e. The zero-order valence-corrected chi connectivity index (χ0v) is 18.0. The standard InChI is InChI=1S/C25H40N2O/c1-2-3-4-5-6-7-8-9-10-11-12-13-14-15-16-21-24(28)25-22-19-17-18-20-23(22)26-27-25/h17-20H,2-16,21H2,1H3,(H,26,27). The van der Waals surface area contributed by atoms with E-state index in [1.54, 1.807) is 0 Å². The SMILES string of the molecule is CCCCCCCCCCCCCCCCCC(=O)c1n[nH]c2ccccc12. The Morgan fingerprint density at radius 1 is 0.750 bits per heavy atom. The summed E-state index contributed by atoms with van der Waals surface area (Å²) < 4.78 is 0. The fourth-order valence-corrected chi connectivity index (χ4v) is 3.95. The van der Waals surface area contributed by atoms with Gasteiger partial charge in [0.1, 0.15) is 5.69 Å². The Hall–Kier alpha value is -1.64. The number of unbranched alkanes of at least 4 members (excludes halogenated alkanes) is 14. The lowest BCUT2D eigenvalue weighted by Crippen LogP contribution is -2.00. The summed E-state index contributed by atoms with van der Waals surface area (Å²) >= 11 is 0. The summed E-state index contributed by atoms with van der Waals surface area (Å²) in [5.74, 6) is 0.173. The fraction of sp³-hybridized carbons (Fsp3) is 0.680. The number of nitrogens with zero attached hydrogens (tertiary/aromatic N) is 1. The number of aromatic nitrogens is 2. The first-order valence-corrected chi connectivity index (χ1v) is 11.8. The molecule has 2 rings (SSSR count). The lowest BCUT2D eigenvalue weighted by molar-refractivity contribution is 0.0976. The smallest absolute Gasteiger partial charge is 0.183 e. The molecule has 1 aromatic heterocycles. The highest BCUT2D eigenvalue weighted by Gasteiger charge is 2.12. The summed E-state index contributed by atoms with van der Waals surface area (Å²) in [4.78, 5) is 12.4. The van der Waals surface area contributed by atoms with Crippen molar-refractivity contribution < 1.29 is 4.79 Å². The molecule has 1 N–H and O–H groups in total. The first-order chi connectivity index (χ1) is 13.8. The van der Waals surface area contributed by atoms with Crippen molar-refractivity contribution in [2.75, 3.05) is 0 Å². The number of aromatic amines is 1. The van der Waals surface area contributed by atoms with Crippen LogP contribution in [0.4, 0.5) is 0 Å². The average molecular weight is 385 g/mol. The van der Waals surface area contributed by atoms with E-state index in [9.17, 15) is 4.79 Å². The summed E-state index contributed by atoms with van der Waals surface area (Å²) in [5.41, 5.74) is 1.56.